The Morgan fingerprint density at radius 3 is 2.75 bits per heavy atom. The zero-order valence-corrected chi connectivity index (χ0v) is 9.27. The molecule has 0 atom stereocenters. The quantitative estimate of drug-likeness (QED) is 0.835. The van der Waals surface area contributed by atoms with Gasteiger partial charge in [-0.05, 0) is 32.0 Å². The summed E-state index contributed by atoms with van der Waals surface area (Å²) >= 11 is 0. The Labute approximate surface area is 94.1 Å². The fourth-order valence-corrected chi connectivity index (χ4v) is 1.37. The molecule has 0 aromatic carbocycles. The molecule has 0 bridgehead atoms. The van der Waals surface area contributed by atoms with Gasteiger partial charge in [0.2, 0.25) is 5.88 Å². The second kappa shape index (κ2) is 4.18. The average molecular weight is 215 g/mol. The van der Waals surface area contributed by atoms with E-state index in [4.69, 9.17) is 10.5 Å². The lowest BCUT2D eigenvalue weighted by molar-refractivity contribution is 0.453. The standard InChI is InChI=1S/C12H13N3O/c1-8-6-10(13)7-15-12(8)16-11-4-3-5-14-9(11)2/h3-7H,13H2,1-2H3. The number of hydrogen-bond acceptors (Lipinski definition) is 4. The molecule has 2 heterocycles. The summed E-state index contributed by atoms with van der Waals surface area (Å²) in [5.74, 6) is 1.27. The largest absolute Gasteiger partial charge is 0.437 e. The molecule has 0 aliphatic rings. The molecule has 0 unspecified atom stereocenters. The van der Waals surface area contributed by atoms with E-state index in [0.29, 0.717) is 17.3 Å². The number of nitrogen functional groups attached to an aromatic ring is 1. The van der Waals surface area contributed by atoms with Crippen molar-refractivity contribution in [2.45, 2.75) is 13.8 Å². The van der Waals surface area contributed by atoms with Gasteiger partial charge in [-0.1, -0.05) is 0 Å². The lowest BCUT2D eigenvalue weighted by atomic mass is 10.3. The van der Waals surface area contributed by atoms with Gasteiger partial charge in [-0.25, -0.2) is 4.98 Å². The third kappa shape index (κ3) is 2.11. The van der Waals surface area contributed by atoms with E-state index in [-0.39, 0.29) is 0 Å². The molecule has 0 spiro atoms. The first-order valence-corrected chi connectivity index (χ1v) is 4.98. The minimum atomic E-state index is 0.560. The fraction of sp³-hybridized carbons (Fsp3) is 0.167. The number of nitrogens with zero attached hydrogens (tertiary/aromatic N) is 2. The van der Waals surface area contributed by atoms with Crippen molar-refractivity contribution in [3.63, 3.8) is 0 Å². The van der Waals surface area contributed by atoms with Crippen LogP contribution in [0, 0.1) is 13.8 Å². The van der Waals surface area contributed by atoms with Crippen LogP contribution in [-0.2, 0) is 0 Å². The number of aryl methyl sites for hydroxylation is 2. The van der Waals surface area contributed by atoms with Crippen LogP contribution >= 0.6 is 0 Å². The van der Waals surface area contributed by atoms with Crippen molar-refractivity contribution in [1.82, 2.24) is 9.97 Å². The van der Waals surface area contributed by atoms with Crippen LogP contribution in [0.3, 0.4) is 0 Å². The van der Waals surface area contributed by atoms with Gasteiger partial charge in [0, 0.05) is 11.8 Å². The highest BCUT2D eigenvalue weighted by atomic mass is 16.5. The van der Waals surface area contributed by atoms with Gasteiger partial charge >= 0.3 is 0 Å². The second-order valence-corrected chi connectivity index (χ2v) is 3.58. The molecule has 2 N–H and O–H groups in total. The summed E-state index contributed by atoms with van der Waals surface area (Å²) in [6, 6.07) is 5.52. The topological polar surface area (TPSA) is 61.0 Å². The summed E-state index contributed by atoms with van der Waals surface area (Å²) in [5, 5.41) is 0. The SMILES string of the molecule is Cc1cc(N)cnc1Oc1cccnc1C. The predicted octanol–water partition coefficient (Wildman–Crippen LogP) is 2.47. The molecule has 2 aromatic rings. The van der Waals surface area contributed by atoms with Gasteiger partial charge in [-0.3, -0.25) is 4.98 Å². The van der Waals surface area contributed by atoms with Crippen molar-refractivity contribution < 1.29 is 4.74 Å². The molecule has 0 radical (unpaired) electrons. The predicted molar refractivity (Wildman–Crippen MR) is 62.4 cm³/mol. The Balaban J connectivity index is 2.31. The van der Waals surface area contributed by atoms with E-state index in [9.17, 15) is 0 Å². The minimum Gasteiger partial charge on any atom is -0.437 e. The smallest absolute Gasteiger partial charge is 0.222 e. The summed E-state index contributed by atoms with van der Waals surface area (Å²) in [6.45, 7) is 3.80. The van der Waals surface area contributed by atoms with Crippen molar-refractivity contribution in [2.75, 3.05) is 5.73 Å². The Hall–Kier alpha value is -2.10. The highest BCUT2D eigenvalue weighted by Crippen LogP contribution is 2.25. The first-order valence-electron chi connectivity index (χ1n) is 4.98. The number of anilines is 1. The molecule has 0 saturated carbocycles. The van der Waals surface area contributed by atoms with Crippen LogP contribution in [0.4, 0.5) is 5.69 Å². The number of ether oxygens (including phenoxy) is 1. The Morgan fingerprint density at radius 1 is 1.25 bits per heavy atom. The van der Waals surface area contributed by atoms with Crippen LogP contribution in [0.25, 0.3) is 0 Å². The minimum absolute atomic E-state index is 0.560. The molecule has 82 valence electrons. The fourth-order valence-electron chi connectivity index (χ4n) is 1.37. The molecule has 2 rings (SSSR count). The maximum Gasteiger partial charge on any atom is 0.222 e. The van der Waals surface area contributed by atoms with Gasteiger partial charge in [-0.2, -0.15) is 0 Å². The summed E-state index contributed by atoms with van der Waals surface area (Å²) in [6.07, 6.45) is 3.31. The Morgan fingerprint density at radius 2 is 2.06 bits per heavy atom. The van der Waals surface area contributed by atoms with Gasteiger partial charge in [0.25, 0.3) is 0 Å². The Bertz CT molecular complexity index is 511. The van der Waals surface area contributed by atoms with Crippen LogP contribution in [0.1, 0.15) is 11.3 Å². The van der Waals surface area contributed by atoms with Crippen LogP contribution < -0.4 is 10.5 Å². The summed E-state index contributed by atoms with van der Waals surface area (Å²) in [7, 11) is 0. The molecule has 2 aromatic heterocycles. The van der Waals surface area contributed by atoms with E-state index in [1.165, 1.54) is 0 Å². The number of pyridine rings is 2. The van der Waals surface area contributed by atoms with E-state index in [2.05, 4.69) is 9.97 Å². The average Bonchev–Trinajstić information content (AvgIpc) is 2.25. The first-order chi connectivity index (χ1) is 7.66. The zero-order chi connectivity index (χ0) is 11.5. The molecular formula is C12H13N3O. The van der Waals surface area contributed by atoms with Gasteiger partial charge in [0.1, 0.15) is 0 Å². The molecule has 0 aliphatic heterocycles. The van der Waals surface area contributed by atoms with Gasteiger partial charge < -0.3 is 10.5 Å². The molecular weight excluding hydrogens is 202 g/mol. The summed E-state index contributed by atoms with van der Waals surface area (Å²) in [4.78, 5) is 8.28. The number of aromatic nitrogens is 2. The zero-order valence-electron chi connectivity index (χ0n) is 9.27. The van der Waals surface area contributed by atoms with Crippen molar-refractivity contribution in [3.05, 3.63) is 41.9 Å². The normalized spacial score (nSPS) is 10.1. The Kier molecular flexibility index (Phi) is 2.72. The van der Waals surface area contributed by atoms with Crippen molar-refractivity contribution in [2.24, 2.45) is 0 Å². The third-order valence-electron chi connectivity index (χ3n) is 2.22. The van der Waals surface area contributed by atoms with E-state index in [1.807, 2.05) is 32.0 Å². The summed E-state index contributed by atoms with van der Waals surface area (Å²) in [5.41, 5.74) is 7.99. The van der Waals surface area contributed by atoms with E-state index >= 15 is 0 Å². The van der Waals surface area contributed by atoms with Gasteiger partial charge in [0.15, 0.2) is 5.75 Å². The second-order valence-electron chi connectivity index (χ2n) is 3.58. The van der Waals surface area contributed by atoms with Gasteiger partial charge in [0.05, 0.1) is 17.6 Å². The lowest BCUT2D eigenvalue weighted by Crippen LogP contribution is -1.96. The van der Waals surface area contributed by atoms with Crippen LogP contribution in [0.5, 0.6) is 11.6 Å². The maximum absolute atomic E-state index is 5.67. The molecule has 0 saturated heterocycles. The monoisotopic (exact) mass is 215 g/mol. The van der Waals surface area contributed by atoms with E-state index in [0.717, 1.165) is 11.3 Å². The van der Waals surface area contributed by atoms with Crippen molar-refractivity contribution in [1.29, 1.82) is 0 Å². The van der Waals surface area contributed by atoms with Crippen LogP contribution in [0.15, 0.2) is 30.6 Å². The van der Waals surface area contributed by atoms with Crippen LogP contribution in [0.2, 0.25) is 0 Å². The molecule has 0 amide bonds. The van der Waals surface area contributed by atoms with E-state index < -0.39 is 0 Å². The molecule has 0 aliphatic carbocycles. The third-order valence-corrected chi connectivity index (χ3v) is 2.22. The molecule has 16 heavy (non-hydrogen) atoms. The highest BCUT2D eigenvalue weighted by molar-refractivity contribution is 5.43. The van der Waals surface area contributed by atoms with Crippen molar-refractivity contribution >= 4 is 5.69 Å². The first kappa shape index (κ1) is 10.4. The molecule has 4 heteroatoms. The van der Waals surface area contributed by atoms with E-state index in [1.54, 1.807) is 12.4 Å². The van der Waals surface area contributed by atoms with Crippen LogP contribution in [-0.4, -0.2) is 9.97 Å². The highest BCUT2D eigenvalue weighted by Gasteiger charge is 2.05. The van der Waals surface area contributed by atoms with Gasteiger partial charge in [-0.15, -0.1) is 0 Å². The number of nitrogens with two attached hydrogens (primary N) is 1. The molecule has 4 nitrogen and oxygen atoms in total. The molecule has 0 fully saturated rings. The van der Waals surface area contributed by atoms with Crippen molar-refractivity contribution in [3.8, 4) is 11.6 Å². The lowest BCUT2D eigenvalue weighted by Gasteiger charge is -2.09. The number of hydrogen-bond donors (Lipinski definition) is 1. The maximum atomic E-state index is 5.67. The number of rotatable bonds is 2. The summed E-state index contributed by atoms with van der Waals surface area (Å²) < 4.78 is 5.67.